The van der Waals surface area contributed by atoms with E-state index in [9.17, 15) is 10.1 Å². The SMILES string of the molecule is Cc1ccc(C(=O)NC2(C#N)CCC(C)CC2)cc1C. The van der Waals surface area contributed by atoms with Crippen molar-refractivity contribution in [1.82, 2.24) is 5.32 Å². The van der Waals surface area contributed by atoms with E-state index in [1.165, 1.54) is 5.56 Å². The second-order valence-electron chi connectivity index (χ2n) is 6.13. The molecule has 3 nitrogen and oxygen atoms in total. The van der Waals surface area contributed by atoms with Crippen LogP contribution < -0.4 is 5.32 Å². The minimum atomic E-state index is -0.678. The minimum Gasteiger partial charge on any atom is -0.334 e. The first-order valence-corrected chi connectivity index (χ1v) is 7.27. The summed E-state index contributed by atoms with van der Waals surface area (Å²) in [5, 5.41) is 12.4. The highest BCUT2D eigenvalue weighted by atomic mass is 16.1. The van der Waals surface area contributed by atoms with E-state index in [1.54, 1.807) is 0 Å². The highest BCUT2D eigenvalue weighted by Crippen LogP contribution is 2.31. The monoisotopic (exact) mass is 270 g/mol. The van der Waals surface area contributed by atoms with Gasteiger partial charge in [-0.1, -0.05) is 13.0 Å². The number of aryl methyl sites for hydroxylation is 2. The zero-order chi connectivity index (χ0) is 14.8. The molecule has 3 heteroatoms. The third-order valence-electron chi connectivity index (χ3n) is 4.46. The van der Waals surface area contributed by atoms with Gasteiger partial charge in [-0.3, -0.25) is 4.79 Å². The Morgan fingerprint density at radius 3 is 2.50 bits per heavy atom. The van der Waals surface area contributed by atoms with Crippen LogP contribution in [0, 0.1) is 31.1 Å². The average Bonchev–Trinajstić information content (AvgIpc) is 2.44. The van der Waals surface area contributed by atoms with Crippen molar-refractivity contribution >= 4 is 5.91 Å². The molecular formula is C17H22N2O. The number of nitriles is 1. The van der Waals surface area contributed by atoms with Crippen LogP contribution in [0.3, 0.4) is 0 Å². The van der Waals surface area contributed by atoms with Crippen LogP contribution in [0.1, 0.15) is 54.1 Å². The first-order chi connectivity index (χ1) is 9.46. The quantitative estimate of drug-likeness (QED) is 0.894. The van der Waals surface area contributed by atoms with E-state index in [2.05, 4.69) is 18.3 Å². The Labute approximate surface area is 121 Å². The molecule has 1 fully saturated rings. The van der Waals surface area contributed by atoms with Gasteiger partial charge in [-0.05, 0) is 68.7 Å². The molecule has 20 heavy (non-hydrogen) atoms. The van der Waals surface area contributed by atoms with Gasteiger partial charge in [-0.25, -0.2) is 0 Å². The molecule has 1 amide bonds. The zero-order valence-electron chi connectivity index (χ0n) is 12.5. The summed E-state index contributed by atoms with van der Waals surface area (Å²) in [6.07, 6.45) is 3.50. The van der Waals surface area contributed by atoms with E-state index in [0.29, 0.717) is 11.5 Å². The topological polar surface area (TPSA) is 52.9 Å². The number of carbonyl (C=O) groups is 1. The van der Waals surface area contributed by atoms with Gasteiger partial charge < -0.3 is 5.32 Å². The van der Waals surface area contributed by atoms with Crippen LogP contribution in [0.4, 0.5) is 0 Å². The van der Waals surface area contributed by atoms with E-state index in [-0.39, 0.29) is 5.91 Å². The fourth-order valence-corrected chi connectivity index (χ4v) is 2.69. The molecule has 0 atom stereocenters. The smallest absolute Gasteiger partial charge is 0.252 e. The number of hydrogen-bond donors (Lipinski definition) is 1. The van der Waals surface area contributed by atoms with Gasteiger partial charge in [-0.15, -0.1) is 0 Å². The Bertz CT molecular complexity index is 549. The highest BCUT2D eigenvalue weighted by Gasteiger charge is 2.35. The summed E-state index contributed by atoms with van der Waals surface area (Å²) in [6, 6.07) is 8.00. The van der Waals surface area contributed by atoms with Crippen LogP contribution in [0.25, 0.3) is 0 Å². The summed E-state index contributed by atoms with van der Waals surface area (Å²) in [5.41, 5.74) is 2.23. The van der Waals surface area contributed by atoms with Crippen LogP contribution in [0.2, 0.25) is 0 Å². The predicted molar refractivity (Wildman–Crippen MR) is 79.4 cm³/mol. The predicted octanol–water partition coefficient (Wildman–Crippen LogP) is 3.51. The summed E-state index contributed by atoms with van der Waals surface area (Å²) < 4.78 is 0. The Hall–Kier alpha value is -1.82. The lowest BCUT2D eigenvalue weighted by atomic mass is 9.78. The van der Waals surface area contributed by atoms with Crippen molar-refractivity contribution < 1.29 is 4.79 Å². The molecule has 106 valence electrons. The number of nitrogens with zero attached hydrogens (tertiary/aromatic N) is 1. The standard InChI is InChI=1S/C17H22N2O/c1-12-6-8-17(11-18,9-7-12)19-16(20)15-5-4-13(2)14(3)10-15/h4-5,10,12H,6-9H2,1-3H3,(H,19,20). The van der Waals surface area contributed by atoms with Gasteiger partial charge in [0, 0.05) is 5.56 Å². The molecule has 1 aliphatic rings. The summed E-state index contributed by atoms with van der Waals surface area (Å²) in [5.74, 6) is 0.513. The molecule has 0 aromatic heterocycles. The molecule has 0 unspecified atom stereocenters. The van der Waals surface area contributed by atoms with Crippen molar-refractivity contribution in [1.29, 1.82) is 5.26 Å². The second kappa shape index (κ2) is 5.66. The van der Waals surface area contributed by atoms with Crippen molar-refractivity contribution in [3.05, 3.63) is 34.9 Å². The van der Waals surface area contributed by atoms with Crippen molar-refractivity contribution in [2.75, 3.05) is 0 Å². The Morgan fingerprint density at radius 2 is 1.95 bits per heavy atom. The number of nitrogens with one attached hydrogen (secondary N) is 1. The van der Waals surface area contributed by atoms with Crippen LogP contribution in [0.15, 0.2) is 18.2 Å². The third kappa shape index (κ3) is 3.01. The molecule has 1 aromatic carbocycles. The number of amides is 1. The van der Waals surface area contributed by atoms with Crippen molar-refractivity contribution in [2.24, 2.45) is 5.92 Å². The first-order valence-electron chi connectivity index (χ1n) is 7.27. The summed E-state index contributed by atoms with van der Waals surface area (Å²) in [7, 11) is 0. The Morgan fingerprint density at radius 1 is 1.30 bits per heavy atom. The lowest BCUT2D eigenvalue weighted by molar-refractivity contribution is 0.0894. The first kappa shape index (κ1) is 14.6. The van der Waals surface area contributed by atoms with Crippen LogP contribution in [-0.4, -0.2) is 11.4 Å². The Kier molecular flexibility index (Phi) is 4.13. The molecule has 0 radical (unpaired) electrons. The average molecular weight is 270 g/mol. The summed E-state index contributed by atoms with van der Waals surface area (Å²) in [4.78, 5) is 12.4. The number of benzene rings is 1. The van der Waals surface area contributed by atoms with Crippen molar-refractivity contribution in [2.45, 2.75) is 52.0 Å². The van der Waals surface area contributed by atoms with Gasteiger partial charge in [0.15, 0.2) is 0 Å². The van der Waals surface area contributed by atoms with E-state index < -0.39 is 5.54 Å². The van der Waals surface area contributed by atoms with E-state index in [0.717, 1.165) is 31.2 Å². The van der Waals surface area contributed by atoms with Crippen LogP contribution in [0.5, 0.6) is 0 Å². The summed E-state index contributed by atoms with van der Waals surface area (Å²) in [6.45, 7) is 6.22. The number of hydrogen-bond acceptors (Lipinski definition) is 2. The molecule has 1 N–H and O–H groups in total. The molecule has 2 rings (SSSR count). The van der Waals surface area contributed by atoms with Crippen molar-refractivity contribution in [3.63, 3.8) is 0 Å². The molecule has 0 heterocycles. The molecule has 0 spiro atoms. The lowest BCUT2D eigenvalue weighted by Crippen LogP contribution is -2.49. The molecule has 0 bridgehead atoms. The van der Waals surface area contributed by atoms with Gasteiger partial charge in [0.1, 0.15) is 5.54 Å². The highest BCUT2D eigenvalue weighted by molar-refractivity contribution is 5.95. The molecule has 0 saturated heterocycles. The third-order valence-corrected chi connectivity index (χ3v) is 4.46. The fraction of sp³-hybridized carbons (Fsp3) is 0.529. The number of rotatable bonds is 2. The van der Waals surface area contributed by atoms with Crippen LogP contribution in [-0.2, 0) is 0 Å². The second-order valence-corrected chi connectivity index (χ2v) is 6.13. The molecule has 0 aliphatic heterocycles. The van der Waals surface area contributed by atoms with Gasteiger partial charge in [0.05, 0.1) is 6.07 Å². The van der Waals surface area contributed by atoms with E-state index >= 15 is 0 Å². The van der Waals surface area contributed by atoms with E-state index in [4.69, 9.17) is 0 Å². The molecule has 1 aliphatic carbocycles. The van der Waals surface area contributed by atoms with Gasteiger partial charge in [0.25, 0.3) is 5.91 Å². The number of carbonyl (C=O) groups excluding carboxylic acids is 1. The molecular weight excluding hydrogens is 248 g/mol. The van der Waals surface area contributed by atoms with Gasteiger partial charge in [-0.2, -0.15) is 5.26 Å². The normalized spacial score (nSPS) is 25.8. The van der Waals surface area contributed by atoms with Gasteiger partial charge >= 0.3 is 0 Å². The maximum Gasteiger partial charge on any atom is 0.252 e. The largest absolute Gasteiger partial charge is 0.334 e. The van der Waals surface area contributed by atoms with Crippen LogP contribution >= 0.6 is 0 Å². The zero-order valence-corrected chi connectivity index (χ0v) is 12.5. The fourth-order valence-electron chi connectivity index (χ4n) is 2.69. The lowest BCUT2D eigenvalue weighted by Gasteiger charge is -2.34. The maximum absolute atomic E-state index is 12.4. The van der Waals surface area contributed by atoms with Crippen molar-refractivity contribution in [3.8, 4) is 6.07 Å². The molecule has 1 saturated carbocycles. The van der Waals surface area contributed by atoms with Gasteiger partial charge in [0.2, 0.25) is 0 Å². The summed E-state index contributed by atoms with van der Waals surface area (Å²) >= 11 is 0. The maximum atomic E-state index is 12.4. The minimum absolute atomic E-state index is 0.135. The molecule has 1 aromatic rings. The van der Waals surface area contributed by atoms with E-state index in [1.807, 2.05) is 32.0 Å². The Balaban J connectivity index is 2.13.